The molecule has 1 aromatic rings. The summed E-state index contributed by atoms with van der Waals surface area (Å²) in [7, 11) is 0. The van der Waals surface area contributed by atoms with Gasteiger partial charge in [-0.05, 0) is 31.4 Å². The lowest BCUT2D eigenvalue weighted by molar-refractivity contribution is 0.0654. The minimum absolute atomic E-state index is 0.0500. The molecular formula is C13H17NO2. The first-order valence-corrected chi connectivity index (χ1v) is 5.73. The van der Waals surface area contributed by atoms with Crippen molar-refractivity contribution in [1.29, 1.82) is 0 Å². The predicted octanol–water partition coefficient (Wildman–Crippen LogP) is 1.46. The summed E-state index contributed by atoms with van der Waals surface area (Å²) < 4.78 is 0. The fraction of sp³-hybridized carbons (Fsp3) is 0.462. The molecule has 3 nitrogen and oxygen atoms in total. The number of aliphatic hydroxyl groups is 1. The van der Waals surface area contributed by atoms with Gasteiger partial charge in [-0.1, -0.05) is 18.2 Å². The molecule has 0 bridgehead atoms. The molecule has 0 aliphatic carbocycles. The SMILES string of the molecule is C[C@H](O)CN1CCCc2ccccc2C1=O. The summed E-state index contributed by atoms with van der Waals surface area (Å²) in [6, 6.07) is 7.75. The molecule has 2 rings (SSSR count). The first-order chi connectivity index (χ1) is 7.68. The highest BCUT2D eigenvalue weighted by molar-refractivity contribution is 5.96. The van der Waals surface area contributed by atoms with Gasteiger partial charge in [0.25, 0.3) is 5.91 Å². The van der Waals surface area contributed by atoms with Crippen molar-refractivity contribution in [3.05, 3.63) is 35.4 Å². The third-order valence-corrected chi connectivity index (χ3v) is 2.89. The van der Waals surface area contributed by atoms with Crippen molar-refractivity contribution in [2.45, 2.75) is 25.9 Å². The molecule has 0 saturated carbocycles. The number of carbonyl (C=O) groups excluding carboxylic acids is 1. The zero-order chi connectivity index (χ0) is 11.5. The van der Waals surface area contributed by atoms with E-state index < -0.39 is 6.10 Å². The van der Waals surface area contributed by atoms with Crippen LogP contribution in [0.3, 0.4) is 0 Å². The second kappa shape index (κ2) is 4.66. The number of fused-ring (bicyclic) bond motifs is 1. The van der Waals surface area contributed by atoms with E-state index in [1.807, 2.05) is 24.3 Å². The summed E-state index contributed by atoms with van der Waals surface area (Å²) in [6.45, 7) is 2.87. The van der Waals surface area contributed by atoms with Crippen LogP contribution in [0.1, 0.15) is 29.3 Å². The highest BCUT2D eigenvalue weighted by Gasteiger charge is 2.22. The Hall–Kier alpha value is -1.35. The second-order valence-electron chi connectivity index (χ2n) is 4.36. The standard InChI is InChI=1S/C13H17NO2/c1-10(15)9-14-8-4-6-11-5-2-3-7-12(11)13(14)16/h2-3,5,7,10,15H,4,6,8-9H2,1H3/t10-/m0/s1. The van der Waals surface area contributed by atoms with Gasteiger partial charge in [0.15, 0.2) is 0 Å². The molecule has 0 radical (unpaired) electrons. The first kappa shape index (κ1) is 11.1. The number of amides is 1. The number of hydrogen-bond donors (Lipinski definition) is 1. The predicted molar refractivity (Wildman–Crippen MR) is 62.3 cm³/mol. The van der Waals surface area contributed by atoms with E-state index in [1.165, 1.54) is 0 Å². The number of aliphatic hydroxyl groups excluding tert-OH is 1. The van der Waals surface area contributed by atoms with Crippen molar-refractivity contribution in [1.82, 2.24) is 4.90 Å². The molecule has 0 fully saturated rings. The Kier molecular flexibility index (Phi) is 3.25. The summed E-state index contributed by atoms with van der Waals surface area (Å²) in [4.78, 5) is 13.9. The Morgan fingerprint density at radius 2 is 2.19 bits per heavy atom. The quantitative estimate of drug-likeness (QED) is 0.818. The molecule has 0 saturated heterocycles. The molecular weight excluding hydrogens is 202 g/mol. The third-order valence-electron chi connectivity index (χ3n) is 2.89. The van der Waals surface area contributed by atoms with E-state index in [9.17, 15) is 9.90 Å². The number of aryl methyl sites for hydroxylation is 1. The fourth-order valence-electron chi connectivity index (χ4n) is 2.17. The van der Waals surface area contributed by atoms with Crippen LogP contribution in [0.2, 0.25) is 0 Å². The van der Waals surface area contributed by atoms with Gasteiger partial charge in [-0.15, -0.1) is 0 Å². The van der Waals surface area contributed by atoms with Crippen LogP contribution in [0.25, 0.3) is 0 Å². The topological polar surface area (TPSA) is 40.5 Å². The molecule has 16 heavy (non-hydrogen) atoms. The minimum Gasteiger partial charge on any atom is -0.392 e. The summed E-state index contributed by atoms with van der Waals surface area (Å²) in [5, 5.41) is 9.37. The van der Waals surface area contributed by atoms with Crippen LogP contribution in [0, 0.1) is 0 Å². The van der Waals surface area contributed by atoms with Crippen molar-refractivity contribution in [2.24, 2.45) is 0 Å². The van der Waals surface area contributed by atoms with E-state index >= 15 is 0 Å². The molecule has 3 heteroatoms. The lowest BCUT2D eigenvalue weighted by Gasteiger charge is -2.22. The van der Waals surface area contributed by atoms with Gasteiger partial charge in [0.1, 0.15) is 0 Å². The number of hydrogen-bond acceptors (Lipinski definition) is 2. The van der Waals surface area contributed by atoms with Gasteiger partial charge in [0, 0.05) is 18.7 Å². The summed E-state index contributed by atoms with van der Waals surface area (Å²) in [6.07, 6.45) is 1.45. The molecule has 1 heterocycles. The largest absolute Gasteiger partial charge is 0.392 e. The monoisotopic (exact) mass is 219 g/mol. The van der Waals surface area contributed by atoms with Gasteiger partial charge in [0.05, 0.1) is 6.10 Å². The molecule has 1 aliphatic rings. The van der Waals surface area contributed by atoms with Gasteiger partial charge >= 0.3 is 0 Å². The molecule has 1 aliphatic heterocycles. The Morgan fingerprint density at radius 1 is 1.44 bits per heavy atom. The van der Waals surface area contributed by atoms with Crippen LogP contribution >= 0.6 is 0 Å². The maximum atomic E-state index is 12.2. The van der Waals surface area contributed by atoms with E-state index in [4.69, 9.17) is 0 Å². The summed E-state index contributed by atoms with van der Waals surface area (Å²) in [5.74, 6) is 0.0500. The molecule has 1 amide bonds. The van der Waals surface area contributed by atoms with E-state index in [0.29, 0.717) is 6.54 Å². The highest BCUT2D eigenvalue weighted by atomic mass is 16.3. The number of β-amino-alcohol motifs (C(OH)–C–C–N with tert-alkyl or cyclic N) is 1. The van der Waals surface area contributed by atoms with E-state index in [0.717, 1.165) is 30.5 Å². The molecule has 1 atom stereocenters. The van der Waals surface area contributed by atoms with Crippen LogP contribution in [0.4, 0.5) is 0 Å². The molecule has 86 valence electrons. The van der Waals surface area contributed by atoms with E-state index in [1.54, 1.807) is 11.8 Å². The molecule has 1 N–H and O–H groups in total. The first-order valence-electron chi connectivity index (χ1n) is 5.73. The van der Waals surface area contributed by atoms with E-state index in [2.05, 4.69) is 0 Å². The normalized spacial score (nSPS) is 17.9. The Bertz CT molecular complexity index is 387. The van der Waals surface area contributed by atoms with Gasteiger partial charge < -0.3 is 10.0 Å². The lowest BCUT2D eigenvalue weighted by Crippen LogP contribution is -2.36. The Morgan fingerprint density at radius 3 is 2.94 bits per heavy atom. The molecule has 1 aromatic carbocycles. The smallest absolute Gasteiger partial charge is 0.254 e. The summed E-state index contributed by atoms with van der Waals surface area (Å²) in [5.41, 5.74) is 1.92. The zero-order valence-electron chi connectivity index (χ0n) is 9.52. The van der Waals surface area contributed by atoms with Crippen molar-refractivity contribution >= 4 is 5.91 Å². The molecule has 0 unspecified atom stereocenters. The molecule has 0 aromatic heterocycles. The maximum Gasteiger partial charge on any atom is 0.254 e. The van der Waals surface area contributed by atoms with Crippen LogP contribution in [-0.4, -0.2) is 35.1 Å². The van der Waals surface area contributed by atoms with Crippen LogP contribution in [0.5, 0.6) is 0 Å². The van der Waals surface area contributed by atoms with Crippen molar-refractivity contribution in [3.8, 4) is 0 Å². The average Bonchev–Trinajstić information content (AvgIpc) is 2.40. The lowest BCUT2D eigenvalue weighted by atomic mass is 10.0. The van der Waals surface area contributed by atoms with Crippen molar-refractivity contribution < 1.29 is 9.90 Å². The second-order valence-corrected chi connectivity index (χ2v) is 4.36. The van der Waals surface area contributed by atoms with Crippen molar-refractivity contribution in [2.75, 3.05) is 13.1 Å². The number of rotatable bonds is 2. The zero-order valence-corrected chi connectivity index (χ0v) is 9.52. The number of benzene rings is 1. The van der Waals surface area contributed by atoms with Crippen LogP contribution < -0.4 is 0 Å². The van der Waals surface area contributed by atoms with Crippen LogP contribution in [-0.2, 0) is 6.42 Å². The van der Waals surface area contributed by atoms with Crippen LogP contribution in [0.15, 0.2) is 24.3 Å². The minimum atomic E-state index is -0.464. The maximum absolute atomic E-state index is 12.2. The van der Waals surface area contributed by atoms with E-state index in [-0.39, 0.29) is 5.91 Å². The fourth-order valence-corrected chi connectivity index (χ4v) is 2.17. The van der Waals surface area contributed by atoms with Gasteiger partial charge in [-0.25, -0.2) is 0 Å². The highest BCUT2D eigenvalue weighted by Crippen LogP contribution is 2.18. The average molecular weight is 219 g/mol. The van der Waals surface area contributed by atoms with Gasteiger partial charge in [-0.3, -0.25) is 4.79 Å². The number of carbonyl (C=O) groups is 1. The van der Waals surface area contributed by atoms with Crippen molar-refractivity contribution in [3.63, 3.8) is 0 Å². The van der Waals surface area contributed by atoms with Gasteiger partial charge in [-0.2, -0.15) is 0 Å². The van der Waals surface area contributed by atoms with Gasteiger partial charge in [0.2, 0.25) is 0 Å². The Labute approximate surface area is 95.7 Å². The third kappa shape index (κ3) is 2.25. The molecule has 0 spiro atoms. The summed E-state index contributed by atoms with van der Waals surface area (Å²) >= 11 is 0. The Balaban J connectivity index is 2.26. The number of nitrogens with zero attached hydrogens (tertiary/aromatic N) is 1.